The van der Waals surface area contributed by atoms with Gasteiger partial charge in [-0.3, -0.25) is 9.59 Å². The molecule has 8 nitrogen and oxygen atoms in total. The van der Waals surface area contributed by atoms with Gasteiger partial charge in [-0.1, -0.05) is 86.6 Å². The van der Waals surface area contributed by atoms with Crippen LogP contribution in [0.15, 0.2) is 72.8 Å². The van der Waals surface area contributed by atoms with E-state index in [0.29, 0.717) is 77.4 Å². The zero-order valence-electron chi connectivity index (χ0n) is 28.7. The number of carbonyl (C=O) groups excluding carboxylic acids is 2. The second-order valence-corrected chi connectivity index (χ2v) is 12.8. The zero-order valence-corrected chi connectivity index (χ0v) is 28.7. The van der Waals surface area contributed by atoms with Crippen LogP contribution in [0.2, 0.25) is 0 Å². The third kappa shape index (κ3) is 6.70. The standard InChI is InChI=1S/C40H46N2O6/c1-7-21-47-37-27-15-9-16-28(37)24-26-14-11-18-30(36(26)44)34(40(46)42(5)6)32-20-12-19-31(38(32)48-22-8-2)33(39(45)41(3)4)29-17-10-13-25(23-27)35(29)43/h9-20,33-34,43-44H,7-8,21-24H2,1-6H3/t33-,34+. The Morgan fingerprint density at radius 2 is 0.938 bits per heavy atom. The fourth-order valence-electron chi connectivity index (χ4n) is 6.47. The first-order valence-electron chi connectivity index (χ1n) is 16.6. The molecule has 0 saturated carbocycles. The molecule has 0 aromatic heterocycles. The fourth-order valence-corrected chi connectivity index (χ4v) is 6.47. The molecule has 5 rings (SSSR count). The van der Waals surface area contributed by atoms with Crippen LogP contribution in [0.1, 0.15) is 83.0 Å². The average molecular weight is 651 g/mol. The highest BCUT2D eigenvalue weighted by Crippen LogP contribution is 2.46. The molecule has 4 aromatic carbocycles. The largest absolute Gasteiger partial charge is 0.507 e. The fraction of sp³-hybridized carbons (Fsp3) is 0.350. The summed E-state index contributed by atoms with van der Waals surface area (Å²) in [5.41, 5.74) is 4.97. The van der Waals surface area contributed by atoms with E-state index in [9.17, 15) is 19.8 Å². The minimum atomic E-state index is -0.947. The van der Waals surface area contributed by atoms with Crippen molar-refractivity contribution in [2.45, 2.75) is 51.4 Å². The Hall–Kier alpha value is -4.98. The third-order valence-electron chi connectivity index (χ3n) is 8.84. The van der Waals surface area contributed by atoms with E-state index in [1.165, 1.54) is 9.80 Å². The van der Waals surface area contributed by atoms with Gasteiger partial charge in [0, 0.05) is 63.3 Å². The van der Waals surface area contributed by atoms with Crippen molar-refractivity contribution in [2.24, 2.45) is 0 Å². The molecule has 0 spiro atoms. The lowest BCUT2D eigenvalue weighted by Crippen LogP contribution is -2.31. The van der Waals surface area contributed by atoms with E-state index < -0.39 is 11.8 Å². The van der Waals surface area contributed by atoms with E-state index in [4.69, 9.17) is 9.47 Å². The van der Waals surface area contributed by atoms with Crippen molar-refractivity contribution < 1.29 is 29.3 Å². The van der Waals surface area contributed by atoms with Crippen LogP contribution >= 0.6 is 0 Å². The minimum absolute atomic E-state index is 0.0206. The monoisotopic (exact) mass is 650 g/mol. The molecule has 1 aliphatic carbocycles. The second-order valence-electron chi connectivity index (χ2n) is 12.8. The quantitative estimate of drug-likeness (QED) is 0.223. The van der Waals surface area contributed by atoms with Crippen LogP contribution in [0.3, 0.4) is 0 Å². The molecule has 8 heteroatoms. The maximum atomic E-state index is 14.2. The molecule has 2 N–H and O–H groups in total. The topological polar surface area (TPSA) is 99.5 Å². The number of nitrogens with zero attached hydrogens (tertiary/aromatic N) is 2. The Morgan fingerprint density at radius 3 is 1.35 bits per heavy atom. The van der Waals surface area contributed by atoms with Crippen molar-refractivity contribution >= 4 is 11.8 Å². The van der Waals surface area contributed by atoms with Crippen LogP contribution in [0.5, 0.6) is 23.0 Å². The van der Waals surface area contributed by atoms with Crippen molar-refractivity contribution in [3.05, 3.63) is 117 Å². The number of phenolic OH excluding ortho intramolecular Hbond substituents is 2. The van der Waals surface area contributed by atoms with Gasteiger partial charge in [-0.15, -0.1) is 0 Å². The van der Waals surface area contributed by atoms with Crippen LogP contribution in [0.4, 0.5) is 0 Å². The number of fused-ring (bicyclic) bond motifs is 8. The lowest BCUT2D eigenvalue weighted by Gasteiger charge is -2.29. The van der Waals surface area contributed by atoms with Crippen LogP contribution < -0.4 is 9.47 Å². The number of para-hydroxylation sites is 4. The maximum Gasteiger partial charge on any atom is 0.234 e. The first-order valence-corrected chi connectivity index (χ1v) is 16.6. The van der Waals surface area contributed by atoms with E-state index in [1.807, 2.05) is 74.5 Å². The summed E-state index contributed by atoms with van der Waals surface area (Å²) in [5, 5.41) is 23.9. The number of likely N-dealkylation sites (N-methyl/N-ethyl adjacent to an activating group) is 2. The number of phenols is 2. The molecule has 0 saturated heterocycles. The van der Waals surface area contributed by atoms with Gasteiger partial charge in [-0.25, -0.2) is 0 Å². The maximum absolute atomic E-state index is 14.2. The average Bonchev–Trinajstić information content (AvgIpc) is 3.06. The summed E-state index contributed by atoms with van der Waals surface area (Å²) >= 11 is 0. The van der Waals surface area contributed by atoms with Gasteiger partial charge < -0.3 is 29.5 Å². The molecular formula is C40H46N2O6. The van der Waals surface area contributed by atoms with E-state index in [1.54, 1.807) is 40.3 Å². The van der Waals surface area contributed by atoms with Crippen molar-refractivity contribution in [2.75, 3.05) is 41.4 Å². The number of ether oxygens (including phenoxy) is 2. The second kappa shape index (κ2) is 14.8. The molecule has 2 amide bonds. The molecule has 0 radical (unpaired) electrons. The normalized spacial score (nSPS) is 15.4. The predicted octanol–water partition coefficient (Wildman–Crippen LogP) is 6.61. The van der Waals surface area contributed by atoms with Gasteiger partial charge in [0.25, 0.3) is 0 Å². The smallest absolute Gasteiger partial charge is 0.234 e. The van der Waals surface area contributed by atoms with Crippen molar-refractivity contribution in [1.82, 2.24) is 9.80 Å². The molecule has 0 heterocycles. The number of carbonyl (C=O) groups is 2. The molecule has 252 valence electrons. The van der Waals surface area contributed by atoms with Crippen LogP contribution in [-0.2, 0) is 22.4 Å². The van der Waals surface area contributed by atoms with Crippen molar-refractivity contribution in [3.63, 3.8) is 0 Å². The number of amides is 2. The SMILES string of the molecule is CCCOc1c2cccc1Cc1cccc(c1O)[C@H](C(=O)N(C)C)c1cccc(c1OCCC)[C@H](C(=O)N(C)C)c1cccc(c1O)C2. The van der Waals surface area contributed by atoms with E-state index in [0.717, 1.165) is 17.5 Å². The van der Waals surface area contributed by atoms with Gasteiger partial charge in [0.15, 0.2) is 0 Å². The summed E-state index contributed by atoms with van der Waals surface area (Å²) in [6, 6.07) is 22.4. The summed E-state index contributed by atoms with van der Waals surface area (Å²) in [5.74, 6) is -1.27. The van der Waals surface area contributed by atoms with Gasteiger partial charge in [0.1, 0.15) is 23.0 Å². The van der Waals surface area contributed by atoms with Gasteiger partial charge in [0.2, 0.25) is 11.8 Å². The van der Waals surface area contributed by atoms with Gasteiger partial charge in [-0.05, 0) is 35.1 Å². The summed E-state index contributed by atoms with van der Waals surface area (Å²) in [4.78, 5) is 31.4. The highest BCUT2D eigenvalue weighted by Gasteiger charge is 2.36. The minimum Gasteiger partial charge on any atom is -0.507 e. The number of hydrogen-bond acceptors (Lipinski definition) is 6. The van der Waals surface area contributed by atoms with Crippen LogP contribution in [-0.4, -0.2) is 73.2 Å². The van der Waals surface area contributed by atoms with E-state index >= 15 is 0 Å². The van der Waals surface area contributed by atoms with Gasteiger partial charge >= 0.3 is 0 Å². The highest BCUT2D eigenvalue weighted by molar-refractivity contribution is 5.91. The van der Waals surface area contributed by atoms with Gasteiger partial charge in [-0.2, -0.15) is 0 Å². The predicted molar refractivity (Wildman–Crippen MR) is 187 cm³/mol. The first-order chi connectivity index (χ1) is 23.1. The molecule has 0 aliphatic heterocycles. The van der Waals surface area contributed by atoms with E-state index in [2.05, 4.69) is 0 Å². The molecule has 1 aliphatic rings. The number of benzene rings is 4. The summed E-state index contributed by atoms with van der Waals surface area (Å²) in [7, 11) is 6.74. The number of hydrogen-bond donors (Lipinski definition) is 2. The van der Waals surface area contributed by atoms with Crippen molar-refractivity contribution in [3.8, 4) is 23.0 Å². The summed E-state index contributed by atoms with van der Waals surface area (Å²) in [6.07, 6.45) is 2.21. The lowest BCUT2D eigenvalue weighted by atomic mass is 9.81. The molecular weight excluding hydrogens is 604 g/mol. The Labute approximate surface area is 283 Å². The van der Waals surface area contributed by atoms with Gasteiger partial charge in [0.05, 0.1) is 25.0 Å². The summed E-state index contributed by atoms with van der Waals surface area (Å²) < 4.78 is 12.8. The van der Waals surface area contributed by atoms with E-state index in [-0.39, 0.29) is 23.3 Å². The third-order valence-corrected chi connectivity index (χ3v) is 8.84. The number of rotatable bonds is 8. The molecule has 2 atom stereocenters. The lowest BCUT2D eigenvalue weighted by molar-refractivity contribution is -0.130. The Balaban J connectivity index is 1.91. The van der Waals surface area contributed by atoms with Crippen LogP contribution in [0.25, 0.3) is 0 Å². The molecule has 8 bridgehead atoms. The Morgan fingerprint density at radius 1 is 0.583 bits per heavy atom. The number of aromatic hydroxyl groups is 2. The molecule has 0 fully saturated rings. The summed E-state index contributed by atoms with van der Waals surface area (Å²) in [6.45, 7) is 4.87. The Bertz CT molecular complexity index is 1680. The van der Waals surface area contributed by atoms with Crippen molar-refractivity contribution in [1.29, 1.82) is 0 Å². The zero-order chi connectivity index (χ0) is 34.5. The Kier molecular flexibility index (Phi) is 10.6. The van der Waals surface area contributed by atoms with Crippen LogP contribution in [0, 0.1) is 0 Å². The molecule has 48 heavy (non-hydrogen) atoms. The first kappa shape index (κ1) is 34.4. The molecule has 0 unspecified atom stereocenters. The molecule has 4 aromatic rings. The highest BCUT2D eigenvalue weighted by atomic mass is 16.5.